The van der Waals surface area contributed by atoms with Crippen molar-refractivity contribution < 1.29 is 14.3 Å². The number of ether oxygens (including phenoxy) is 1. The molecule has 2 bridgehead atoms. The highest BCUT2D eigenvalue weighted by atomic mass is 16.5. The maximum Gasteiger partial charge on any atom is 0.241 e. The molecule has 0 radical (unpaired) electrons. The van der Waals surface area contributed by atoms with Crippen molar-refractivity contribution in [3.63, 3.8) is 0 Å². The highest BCUT2D eigenvalue weighted by Crippen LogP contribution is 2.49. The molecule has 4 atom stereocenters. The molecule has 6 rings (SSSR count). The van der Waals surface area contributed by atoms with Gasteiger partial charge in [0.25, 0.3) is 0 Å². The zero-order chi connectivity index (χ0) is 18.8. The molecular formula is C22H19N3O3. The van der Waals surface area contributed by atoms with Crippen LogP contribution < -0.4 is 4.90 Å². The predicted octanol–water partition coefficient (Wildman–Crippen LogP) is 2.75. The molecule has 140 valence electrons. The van der Waals surface area contributed by atoms with Gasteiger partial charge in [-0.2, -0.15) is 5.10 Å². The molecule has 4 heterocycles. The van der Waals surface area contributed by atoms with Gasteiger partial charge in [0, 0.05) is 12.3 Å². The highest BCUT2D eigenvalue weighted by Gasteiger charge is 2.63. The Hall–Kier alpha value is -2.99. The normalized spacial score (nSPS) is 28.5. The molecule has 3 aromatic rings. The van der Waals surface area contributed by atoms with Gasteiger partial charge in [0.15, 0.2) is 5.82 Å². The maximum absolute atomic E-state index is 12.9. The fourth-order valence-electron chi connectivity index (χ4n) is 5.10. The van der Waals surface area contributed by atoms with Crippen molar-refractivity contribution in [3.05, 3.63) is 60.3 Å². The summed E-state index contributed by atoms with van der Waals surface area (Å²) in [5.41, 5.74) is 1.15. The highest BCUT2D eigenvalue weighted by molar-refractivity contribution is 6.22. The number of hydrogen-bond acceptors (Lipinski definition) is 4. The maximum atomic E-state index is 12.9. The Kier molecular flexibility index (Phi) is 3.29. The van der Waals surface area contributed by atoms with E-state index in [0.717, 1.165) is 18.4 Å². The molecular weight excluding hydrogens is 354 g/mol. The first kappa shape index (κ1) is 16.0. The second kappa shape index (κ2) is 5.75. The van der Waals surface area contributed by atoms with E-state index in [1.54, 1.807) is 10.7 Å². The zero-order valence-electron chi connectivity index (χ0n) is 15.2. The number of rotatable bonds is 3. The third-order valence-electron chi connectivity index (χ3n) is 6.35. The van der Waals surface area contributed by atoms with Crippen LogP contribution in [0.4, 0.5) is 5.82 Å². The number of nitrogens with zero attached hydrogens (tertiary/aromatic N) is 3. The number of amides is 2. The van der Waals surface area contributed by atoms with E-state index in [0.29, 0.717) is 12.4 Å². The second-order valence-electron chi connectivity index (χ2n) is 7.86. The minimum atomic E-state index is -0.325. The largest absolute Gasteiger partial charge is 0.373 e. The average molecular weight is 373 g/mol. The molecule has 0 N–H and O–H groups in total. The molecule has 3 aliphatic rings. The molecule has 6 heteroatoms. The summed E-state index contributed by atoms with van der Waals surface area (Å²) in [5.74, 6) is -0.539. The number of benzene rings is 2. The second-order valence-corrected chi connectivity index (χ2v) is 7.86. The van der Waals surface area contributed by atoms with Crippen molar-refractivity contribution in [2.45, 2.75) is 31.6 Å². The Morgan fingerprint density at radius 3 is 2.43 bits per heavy atom. The van der Waals surface area contributed by atoms with Gasteiger partial charge in [0.2, 0.25) is 11.8 Å². The molecule has 0 spiro atoms. The fraction of sp³-hybridized carbons (Fsp3) is 0.318. The number of hydrogen-bond donors (Lipinski definition) is 0. The van der Waals surface area contributed by atoms with Crippen molar-refractivity contribution in [3.8, 4) is 0 Å². The first-order valence-corrected chi connectivity index (χ1v) is 9.74. The molecule has 6 nitrogen and oxygen atoms in total. The summed E-state index contributed by atoms with van der Waals surface area (Å²) >= 11 is 0. The first-order chi connectivity index (χ1) is 13.7. The van der Waals surface area contributed by atoms with Crippen LogP contribution in [0.2, 0.25) is 0 Å². The van der Waals surface area contributed by atoms with E-state index in [1.165, 1.54) is 15.7 Å². The molecule has 28 heavy (non-hydrogen) atoms. The van der Waals surface area contributed by atoms with E-state index in [1.807, 2.05) is 24.4 Å². The SMILES string of the molecule is O=C1[C@@H]2[C@@H](C(=O)N1c1ccn(Cc3cccc4ccccc34)n1)[C@@H]1CC[C@@H]2O1. The van der Waals surface area contributed by atoms with Crippen LogP contribution in [0.15, 0.2) is 54.7 Å². The van der Waals surface area contributed by atoms with Crippen LogP contribution in [-0.2, 0) is 20.9 Å². The smallest absolute Gasteiger partial charge is 0.241 e. The summed E-state index contributed by atoms with van der Waals surface area (Å²) in [5, 5.41) is 6.91. The lowest BCUT2D eigenvalue weighted by molar-refractivity contribution is -0.124. The number of fused-ring (bicyclic) bond motifs is 6. The number of carbonyl (C=O) groups is 2. The molecule has 0 saturated carbocycles. The third kappa shape index (κ3) is 2.15. The Morgan fingerprint density at radius 1 is 0.929 bits per heavy atom. The van der Waals surface area contributed by atoms with Crippen LogP contribution in [0.3, 0.4) is 0 Å². The quantitative estimate of drug-likeness (QED) is 0.662. The Morgan fingerprint density at radius 2 is 1.64 bits per heavy atom. The Bertz CT molecular complexity index is 1090. The molecule has 3 saturated heterocycles. The van der Waals surface area contributed by atoms with Crippen LogP contribution >= 0.6 is 0 Å². The van der Waals surface area contributed by atoms with Gasteiger partial charge in [-0.05, 0) is 29.2 Å². The average Bonchev–Trinajstić information content (AvgIpc) is 3.47. The van der Waals surface area contributed by atoms with E-state index in [4.69, 9.17) is 4.74 Å². The van der Waals surface area contributed by atoms with E-state index in [-0.39, 0.29) is 35.9 Å². The van der Waals surface area contributed by atoms with Crippen LogP contribution in [0.25, 0.3) is 10.8 Å². The van der Waals surface area contributed by atoms with Gasteiger partial charge in [-0.25, -0.2) is 4.90 Å². The lowest BCUT2D eigenvalue weighted by Gasteiger charge is -2.15. The van der Waals surface area contributed by atoms with E-state index in [2.05, 4.69) is 29.4 Å². The topological polar surface area (TPSA) is 64.4 Å². The van der Waals surface area contributed by atoms with E-state index < -0.39 is 0 Å². The van der Waals surface area contributed by atoms with Gasteiger partial charge in [-0.15, -0.1) is 0 Å². The van der Waals surface area contributed by atoms with Crippen LogP contribution in [0.5, 0.6) is 0 Å². The zero-order valence-corrected chi connectivity index (χ0v) is 15.2. The van der Waals surface area contributed by atoms with E-state index in [9.17, 15) is 9.59 Å². The van der Waals surface area contributed by atoms with Gasteiger partial charge in [-0.1, -0.05) is 42.5 Å². The molecule has 2 amide bonds. The van der Waals surface area contributed by atoms with Crippen molar-refractivity contribution in [2.24, 2.45) is 11.8 Å². The minimum Gasteiger partial charge on any atom is -0.373 e. The lowest BCUT2D eigenvalue weighted by atomic mass is 9.81. The first-order valence-electron chi connectivity index (χ1n) is 9.74. The van der Waals surface area contributed by atoms with Gasteiger partial charge < -0.3 is 4.74 Å². The van der Waals surface area contributed by atoms with Crippen LogP contribution in [0, 0.1) is 11.8 Å². The summed E-state index contributed by atoms with van der Waals surface area (Å²) in [6.45, 7) is 0.582. The number of imide groups is 1. The van der Waals surface area contributed by atoms with Gasteiger partial charge in [0.05, 0.1) is 30.6 Å². The molecule has 1 aromatic heterocycles. The lowest BCUT2D eigenvalue weighted by Crippen LogP contribution is -2.34. The summed E-state index contributed by atoms with van der Waals surface area (Å²) in [6, 6.07) is 16.2. The molecule has 3 fully saturated rings. The Balaban J connectivity index is 1.30. The monoisotopic (exact) mass is 373 g/mol. The molecule has 0 aliphatic carbocycles. The van der Waals surface area contributed by atoms with Crippen molar-refractivity contribution in [1.29, 1.82) is 0 Å². The molecule has 3 aliphatic heterocycles. The van der Waals surface area contributed by atoms with Crippen LogP contribution in [0.1, 0.15) is 18.4 Å². The Labute approximate surface area is 161 Å². The van der Waals surface area contributed by atoms with Crippen molar-refractivity contribution >= 4 is 28.4 Å². The third-order valence-corrected chi connectivity index (χ3v) is 6.35. The number of anilines is 1. The van der Waals surface area contributed by atoms with Crippen molar-refractivity contribution in [1.82, 2.24) is 9.78 Å². The molecule has 2 aromatic carbocycles. The fourth-order valence-corrected chi connectivity index (χ4v) is 5.10. The number of carbonyl (C=O) groups excluding carboxylic acids is 2. The standard InChI is InChI=1S/C22H19N3O3/c26-21-19-16-8-9-17(28-16)20(19)22(27)25(21)18-10-11-24(23-18)12-14-6-3-5-13-4-1-2-7-15(13)14/h1-7,10-11,16-17,19-20H,8-9,12H2/t16-,17-,19-,20-/m0/s1. The van der Waals surface area contributed by atoms with Crippen LogP contribution in [-0.4, -0.2) is 33.8 Å². The summed E-state index contributed by atoms with van der Waals surface area (Å²) in [6.07, 6.45) is 3.36. The summed E-state index contributed by atoms with van der Waals surface area (Å²) in [4.78, 5) is 27.1. The molecule has 0 unspecified atom stereocenters. The van der Waals surface area contributed by atoms with Gasteiger partial charge in [0.1, 0.15) is 0 Å². The van der Waals surface area contributed by atoms with E-state index >= 15 is 0 Å². The van der Waals surface area contributed by atoms with Crippen molar-refractivity contribution in [2.75, 3.05) is 4.90 Å². The predicted molar refractivity (Wildman–Crippen MR) is 103 cm³/mol. The summed E-state index contributed by atoms with van der Waals surface area (Å²) in [7, 11) is 0. The van der Waals surface area contributed by atoms with Gasteiger partial charge in [-0.3, -0.25) is 14.3 Å². The van der Waals surface area contributed by atoms with Gasteiger partial charge >= 0.3 is 0 Å². The summed E-state index contributed by atoms with van der Waals surface area (Å²) < 4.78 is 7.58. The number of aromatic nitrogens is 2. The minimum absolute atomic E-state index is 0.103.